The monoisotopic (exact) mass is 489 g/mol. The highest BCUT2D eigenvalue weighted by molar-refractivity contribution is 7.89. The number of nitrogens with one attached hydrogen (secondary N) is 3. The molecule has 2 aromatic rings. The summed E-state index contributed by atoms with van der Waals surface area (Å²) in [6.07, 6.45) is 2.77. The second-order valence-electron chi connectivity index (χ2n) is 8.21. The molecule has 3 rings (SSSR count). The Morgan fingerprint density at radius 2 is 1.68 bits per heavy atom. The molecular formula is C24H31N3O6S. The summed E-state index contributed by atoms with van der Waals surface area (Å²) in [6.45, 7) is 0.187. The Kier molecular flexibility index (Phi) is 8.89. The fraction of sp³-hybridized carbons (Fsp3) is 0.417. The molecule has 34 heavy (non-hydrogen) atoms. The zero-order chi connectivity index (χ0) is 24.6. The number of rotatable bonds is 10. The molecule has 1 aliphatic rings. The van der Waals surface area contributed by atoms with Crippen LogP contribution in [0.25, 0.3) is 0 Å². The van der Waals surface area contributed by atoms with E-state index < -0.39 is 10.0 Å². The van der Waals surface area contributed by atoms with E-state index in [-0.39, 0.29) is 35.1 Å². The summed E-state index contributed by atoms with van der Waals surface area (Å²) in [4.78, 5) is 25.1. The zero-order valence-corrected chi connectivity index (χ0v) is 20.2. The summed E-state index contributed by atoms with van der Waals surface area (Å²) < 4.78 is 37.8. The lowest BCUT2D eigenvalue weighted by molar-refractivity contribution is -0.128. The summed E-state index contributed by atoms with van der Waals surface area (Å²) >= 11 is 0. The molecule has 3 N–H and O–H groups in total. The van der Waals surface area contributed by atoms with Gasteiger partial charge in [-0.1, -0.05) is 18.2 Å². The molecule has 9 nitrogen and oxygen atoms in total. The fourth-order valence-electron chi connectivity index (χ4n) is 3.96. The lowest BCUT2D eigenvalue weighted by Crippen LogP contribution is -2.39. The van der Waals surface area contributed by atoms with Gasteiger partial charge in [0, 0.05) is 18.5 Å². The van der Waals surface area contributed by atoms with E-state index in [0.717, 1.165) is 12.8 Å². The quantitative estimate of drug-likeness (QED) is 0.471. The lowest BCUT2D eigenvalue weighted by atomic mass is 9.81. The van der Waals surface area contributed by atoms with Crippen LogP contribution in [0.1, 0.15) is 25.7 Å². The van der Waals surface area contributed by atoms with Gasteiger partial charge >= 0.3 is 0 Å². The Balaban J connectivity index is 1.41. The van der Waals surface area contributed by atoms with E-state index in [1.54, 1.807) is 48.5 Å². The SMILES string of the molecule is COc1ccc(OC)c(NC(=O)CNC(=O)C2CCC(CNS(=O)(=O)c3ccccc3)CC2)c1. The minimum atomic E-state index is -3.53. The normalized spacial score (nSPS) is 18.1. The van der Waals surface area contributed by atoms with Crippen molar-refractivity contribution in [2.45, 2.75) is 30.6 Å². The third-order valence-electron chi connectivity index (χ3n) is 5.94. The molecule has 0 aromatic heterocycles. The zero-order valence-electron chi connectivity index (χ0n) is 19.4. The van der Waals surface area contributed by atoms with Crippen LogP contribution < -0.4 is 24.8 Å². The van der Waals surface area contributed by atoms with Crippen LogP contribution in [0.5, 0.6) is 11.5 Å². The van der Waals surface area contributed by atoms with Crippen molar-refractivity contribution in [3.05, 3.63) is 48.5 Å². The van der Waals surface area contributed by atoms with Crippen molar-refractivity contribution >= 4 is 27.5 Å². The van der Waals surface area contributed by atoms with Crippen LogP contribution in [-0.4, -0.2) is 47.5 Å². The highest BCUT2D eigenvalue weighted by Crippen LogP contribution is 2.30. The maximum Gasteiger partial charge on any atom is 0.243 e. The third-order valence-corrected chi connectivity index (χ3v) is 7.38. The van der Waals surface area contributed by atoms with Crippen LogP contribution in [0.3, 0.4) is 0 Å². The maximum absolute atomic E-state index is 12.5. The first-order valence-electron chi connectivity index (χ1n) is 11.2. The second-order valence-corrected chi connectivity index (χ2v) is 9.98. The Morgan fingerprint density at radius 1 is 0.971 bits per heavy atom. The molecule has 10 heteroatoms. The van der Waals surface area contributed by atoms with Crippen molar-refractivity contribution in [3.8, 4) is 11.5 Å². The van der Waals surface area contributed by atoms with E-state index in [9.17, 15) is 18.0 Å². The number of hydrogen-bond acceptors (Lipinski definition) is 6. The second kappa shape index (κ2) is 11.8. The van der Waals surface area contributed by atoms with Crippen LogP contribution in [0.15, 0.2) is 53.4 Å². The van der Waals surface area contributed by atoms with Crippen LogP contribution >= 0.6 is 0 Å². The van der Waals surface area contributed by atoms with Gasteiger partial charge in [0.15, 0.2) is 0 Å². The molecule has 0 bridgehead atoms. The van der Waals surface area contributed by atoms with Crippen molar-refractivity contribution in [2.24, 2.45) is 11.8 Å². The molecule has 0 heterocycles. The molecule has 0 aliphatic heterocycles. The number of sulfonamides is 1. The average molecular weight is 490 g/mol. The van der Waals surface area contributed by atoms with E-state index in [1.807, 2.05) is 0 Å². The number of ether oxygens (including phenoxy) is 2. The van der Waals surface area contributed by atoms with Crippen molar-refractivity contribution in [1.82, 2.24) is 10.0 Å². The maximum atomic E-state index is 12.5. The molecule has 1 aliphatic carbocycles. The van der Waals surface area contributed by atoms with Gasteiger partial charge in [-0.25, -0.2) is 13.1 Å². The number of hydrogen-bond donors (Lipinski definition) is 3. The van der Waals surface area contributed by atoms with E-state index >= 15 is 0 Å². The molecule has 2 amide bonds. The first-order valence-corrected chi connectivity index (χ1v) is 12.6. The standard InChI is InChI=1S/C24H31N3O6S/c1-32-19-12-13-22(33-2)21(14-19)27-23(28)16-25-24(29)18-10-8-17(9-11-18)15-26-34(30,31)20-6-4-3-5-7-20/h3-7,12-14,17-18,26H,8-11,15-16H2,1-2H3,(H,25,29)(H,27,28). The molecule has 0 spiro atoms. The first kappa shape index (κ1) is 25.5. The average Bonchev–Trinajstić information content (AvgIpc) is 2.87. The summed E-state index contributed by atoms with van der Waals surface area (Å²) in [6, 6.07) is 13.3. The van der Waals surface area contributed by atoms with Gasteiger partial charge < -0.3 is 20.1 Å². The number of anilines is 1. The molecular weight excluding hydrogens is 458 g/mol. The molecule has 0 saturated heterocycles. The van der Waals surface area contributed by atoms with Crippen LogP contribution in [-0.2, 0) is 19.6 Å². The molecule has 2 aromatic carbocycles. The Hall–Kier alpha value is -3.11. The van der Waals surface area contributed by atoms with Gasteiger partial charge in [0.2, 0.25) is 21.8 Å². The summed E-state index contributed by atoms with van der Waals surface area (Å²) in [7, 11) is -0.503. The third kappa shape index (κ3) is 6.94. The lowest BCUT2D eigenvalue weighted by Gasteiger charge is -2.27. The van der Waals surface area contributed by atoms with Gasteiger partial charge in [-0.3, -0.25) is 9.59 Å². The summed E-state index contributed by atoms with van der Waals surface area (Å²) in [5.41, 5.74) is 0.458. The van der Waals surface area contributed by atoms with E-state index in [1.165, 1.54) is 14.2 Å². The topological polar surface area (TPSA) is 123 Å². The van der Waals surface area contributed by atoms with Gasteiger partial charge in [-0.05, 0) is 55.9 Å². The summed E-state index contributed by atoms with van der Waals surface area (Å²) in [5, 5.41) is 5.42. The van der Waals surface area contributed by atoms with Crippen molar-refractivity contribution < 1.29 is 27.5 Å². The van der Waals surface area contributed by atoms with Crippen LogP contribution in [0, 0.1) is 11.8 Å². The van der Waals surface area contributed by atoms with Crippen LogP contribution in [0.4, 0.5) is 5.69 Å². The number of benzene rings is 2. The molecule has 0 unspecified atom stereocenters. The highest BCUT2D eigenvalue weighted by Gasteiger charge is 2.27. The van der Waals surface area contributed by atoms with E-state index in [2.05, 4.69) is 15.4 Å². The predicted octanol–water partition coefficient (Wildman–Crippen LogP) is 2.54. The molecule has 1 fully saturated rings. The van der Waals surface area contributed by atoms with Crippen molar-refractivity contribution in [1.29, 1.82) is 0 Å². The fourth-order valence-corrected chi connectivity index (χ4v) is 5.09. The predicted molar refractivity (Wildman–Crippen MR) is 128 cm³/mol. The van der Waals surface area contributed by atoms with E-state index in [0.29, 0.717) is 36.6 Å². The number of amides is 2. The number of carbonyl (C=O) groups is 2. The van der Waals surface area contributed by atoms with Gasteiger partial charge in [0.1, 0.15) is 11.5 Å². The smallest absolute Gasteiger partial charge is 0.243 e. The number of methoxy groups -OCH3 is 2. The molecule has 184 valence electrons. The Morgan fingerprint density at radius 3 is 2.32 bits per heavy atom. The highest BCUT2D eigenvalue weighted by atomic mass is 32.2. The van der Waals surface area contributed by atoms with E-state index in [4.69, 9.17) is 9.47 Å². The van der Waals surface area contributed by atoms with Crippen molar-refractivity contribution in [3.63, 3.8) is 0 Å². The van der Waals surface area contributed by atoms with Gasteiger partial charge in [0.05, 0.1) is 31.3 Å². The Labute approximate surface area is 200 Å². The molecule has 0 atom stereocenters. The van der Waals surface area contributed by atoms with Gasteiger partial charge in [0.25, 0.3) is 0 Å². The summed E-state index contributed by atoms with van der Waals surface area (Å²) in [5.74, 6) is 0.497. The molecule has 0 radical (unpaired) electrons. The largest absolute Gasteiger partial charge is 0.497 e. The van der Waals surface area contributed by atoms with Crippen LogP contribution in [0.2, 0.25) is 0 Å². The Bertz CT molecular complexity index is 1080. The minimum absolute atomic E-state index is 0.157. The van der Waals surface area contributed by atoms with Gasteiger partial charge in [-0.2, -0.15) is 0 Å². The van der Waals surface area contributed by atoms with Crippen molar-refractivity contribution in [2.75, 3.05) is 32.6 Å². The molecule has 1 saturated carbocycles. The van der Waals surface area contributed by atoms with Gasteiger partial charge in [-0.15, -0.1) is 0 Å². The minimum Gasteiger partial charge on any atom is -0.497 e. The first-order chi connectivity index (χ1) is 16.3. The number of carbonyl (C=O) groups excluding carboxylic acids is 2.